The van der Waals surface area contributed by atoms with Crippen molar-refractivity contribution in [1.29, 1.82) is 0 Å². The lowest BCUT2D eigenvalue weighted by atomic mass is 10.1. The average Bonchev–Trinajstić information content (AvgIpc) is 3.32. The van der Waals surface area contributed by atoms with Crippen LogP contribution in [0.3, 0.4) is 0 Å². The lowest BCUT2D eigenvalue weighted by molar-refractivity contribution is -0.121. The number of rotatable bonds is 8. The molecule has 152 valence electrons. The van der Waals surface area contributed by atoms with Crippen LogP contribution in [0.5, 0.6) is 11.5 Å². The first-order chi connectivity index (χ1) is 15.2. The second-order valence-corrected chi connectivity index (χ2v) is 6.09. The standard InChI is InChI=1S/C22H14N4O5/c27-13-30-16-4-6-25-20(8-16)22-10-18(31-14-28)9-21(26-22)19-7-15(3-5-24-19)1-2-17-11-23-12-29-17/h1-14H/b2-1+. The Balaban J connectivity index is 1.73. The molecular formula is C22H14N4O5. The molecule has 4 aromatic heterocycles. The summed E-state index contributed by atoms with van der Waals surface area (Å²) in [7, 11) is 0. The molecule has 4 aromatic rings. The summed E-state index contributed by atoms with van der Waals surface area (Å²) in [6.45, 7) is 0.651. The summed E-state index contributed by atoms with van der Waals surface area (Å²) in [4.78, 5) is 38.6. The van der Waals surface area contributed by atoms with Gasteiger partial charge in [0.25, 0.3) is 12.9 Å². The van der Waals surface area contributed by atoms with E-state index in [2.05, 4.69) is 19.9 Å². The molecule has 4 heterocycles. The second-order valence-electron chi connectivity index (χ2n) is 6.09. The van der Waals surface area contributed by atoms with E-state index in [1.807, 2.05) is 18.2 Å². The summed E-state index contributed by atoms with van der Waals surface area (Å²) in [5.74, 6) is 1.19. The molecule has 0 fully saturated rings. The predicted molar refractivity (Wildman–Crippen MR) is 110 cm³/mol. The smallest absolute Gasteiger partial charge is 0.298 e. The Kier molecular flexibility index (Phi) is 5.85. The number of carbonyl (C=O) groups is 2. The number of ether oxygens (including phenoxy) is 2. The Bertz CT molecular complexity index is 1240. The molecule has 0 aliphatic rings. The Hall–Kier alpha value is -4.66. The van der Waals surface area contributed by atoms with Crippen molar-refractivity contribution >= 4 is 25.1 Å². The monoisotopic (exact) mass is 414 g/mol. The highest BCUT2D eigenvalue weighted by molar-refractivity contribution is 5.71. The van der Waals surface area contributed by atoms with Crippen LogP contribution >= 0.6 is 0 Å². The SMILES string of the molecule is O=COc1ccnc(-c2cc(OC=O)cc(-c3cc(/C=C/c4cnco4)ccn3)n2)c1. The maximum absolute atomic E-state index is 10.9. The van der Waals surface area contributed by atoms with Crippen LogP contribution in [0.4, 0.5) is 0 Å². The van der Waals surface area contributed by atoms with Crippen LogP contribution in [0, 0.1) is 0 Å². The minimum Gasteiger partial charge on any atom is -0.444 e. The van der Waals surface area contributed by atoms with Gasteiger partial charge in [-0.05, 0) is 29.8 Å². The number of hydrogen-bond donors (Lipinski definition) is 0. The van der Waals surface area contributed by atoms with Crippen LogP contribution < -0.4 is 9.47 Å². The van der Waals surface area contributed by atoms with E-state index in [4.69, 9.17) is 13.9 Å². The zero-order valence-corrected chi connectivity index (χ0v) is 15.9. The maximum Gasteiger partial charge on any atom is 0.298 e. The molecule has 0 atom stereocenters. The first-order valence-electron chi connectivity index (χ1n) is 8.97. The van der Waals surface area contributed by atoms with Gasteiger partial charge in [-0.15, -0.1) is 0 Å². The largest absolute Gasteiger partial charge is 0.444 e. The predicted octanol–water partition coefficient (Wildman–Crippen LogP) is 3.43. The number of pyridine rings is 3. The van der Waals surface area contributed by atoms with Gasteiger partial charge in [0.1, 0.15) is 17.3 Å². The van der Waals surface area contributed by atoms with Gasteiger partial charge in [-0.2, -0.15) is 0 Å². The molecule has 0 radical (unpaired) electrons. The van der Waals surface area contributed by atoms with Crippen LogP contribution in [-0.4, -0.2) is 32.9 Å². The molecule has 9 nitrogen and oxygen atoms in total. The van der Waals surface area contributed by atoms with Crippen molar-refractivity contribution < 1.29 is 23.5 Å². The van der Waals surface area contributed by atoms with Gasteiger partial charge in [-0.3, -0.25) is 19.6 Å². The normalized spacial score (nSPS) is 10.7. The summed E-state index contributed by atoms with van der Waals surface area (Å²) in [6.07, 6.45) is 9.70. The minimum atomic E-state index is 0.267. The molecule has 0 N–H and O–H groups in total. The summed E-state index contributed by atoms with van der Waals surface area (Å²) in [5.41, 5.74) is 2.71. The van der Waals surface area contributed by atoms with Gasteiger partial charge in [0.05, 0.1) is 29.0 Å². The molecule has 0 bridgehead atoms. The molecule has 31 heavy (non-hydrogen) atoms. The van der Waals surface area contributed by atoms with Gasteiger partial charge >= 0.3 is 0 Å². The highest BCUT2D eigenvalue weighted by Gasteiger charge is 2.11. The number of oxazole rings is 1. The maximum atomic E-state index is 10.9. The van der Waals surface area contributed by atoms with Crippen molar-refractivity contribution in [2.45, 2.75) is 0 Å². The van der Waals surface area contributed by atoms with Crippen LogP contribution in [0.2, 0.25) is 0 Å². The van der Waals surface area contributed by atoms with E-state index in [0.29, 0.717) is 47.2 Å². The number of nitrogens with zero attached hydrogens (tertiary/aromatic N) is 4. The molecule has 0 aromatic carbocycles. The first kappa shape index (κ1) is 19.6. The molecular weight excluding hydrogens is 400 g/mol. The van der Waals surface area contributed by atoms with Crippen molar-refractivity contribution in [1.82, 2.24) is 19.9 Å². The molecule has 0 aliphatic carbocycles. The third kappa shape index (κ3) is 4.85. The topological polar surface area (TPSA) is 117 Å². The van der Waals surface area contributed by atoms with E-state index in [0.717, 1.165) is 5.56 Å². The van der Waals surface area contributed by atoms with Gasteiger partial charge < -0.3 is 13.9 Å². The van der Waals surface area contributed by atoms with Gasteiger partial charge in [-0.1, -0.05) is 6.08 Å². The van der Waals surface area contributed by atoms with E-state index in [1.165, 1.54) is 18.7 Å². The zero-order chi connectivity index (χ0) is 21.5. The molecule has 0 amide bonds. The van der Waals surface area contributed by atoms with E-state index >= 15 is 0 Å². The van der Waals surface area contributed by atoms with Crippen molar-refractivity contribution in [2.75, 3.05) is 0 Å². The fraction of sp³-hybridized carbons (Fsp3) is 0. The van der Waals surface area contributed by atoms with Crippen molar-refractivity contribution in [2.24, 2.45) is 0 Å². The van der Waals surface area contributed by atoms with E-state index < -0.39 is 0 Å². The molecule has 0 saturated heterocycles. The average molecular weight is 414 g/mol. The van der Waals surface area contributed by atoms with Crippen LogP contribution in [0.15, 0.2) is 65.8 Å². The number of hydrogen-bond acceptors (Lipinski definition) is 9. The van der Waals surface area contributed by atoms with E-state index in [-0.39, 0.29) is 5.75 Å². The fourth-order valence-electron chi connectivity index (χ4n) is 2.75. The highest BCUT2D eigenvalue weighted by Crippen LogP contribution is 2.28. The van der Waals surface area contributed by atoms with Gasteiger partial charge in [0, 0.05) is 30.6 Å². The van der Waals surface area contributed by atoms with Crippen molar-refractivity contribution in [3.05, 3.63) is 72.7 Å². The third-order valence-electron chi connectivity index (χ3n) is 4.10. The van der Waals surface area contributed by atoms with Crippen molar-refractivity contribution in [3.8, 4) is 34.3 Å². The van der Waals surface area contributed by atoms with Crippen LogP contribution in [0.25, 0.3) is 34.9 Å². The Morgan fingerprint density at radius 1 is 0.774 bits per heavy atom. The molecule has 4 rings (SSSR count). The lowest BCUT2D eigenvalue weighted by Gasteiger charge is -2.08. The van der Waals surface area contributed by atoms with Gasteiger partial charge in [0.15, 0.2) is 6.39 Å². The summed E-state index contributed by atoms with van der Waals surface area (Å²) in [6, 6.07) is 9.88. The molecule has 0 aliphatic heterocycles. The molecule has 9 heteroatoms. The fourth-order valence-corrected chi connectivity index (χ4v) is 2.75. The molecule has 0 saturated carbocycles. The second kappa shape index (κ2) is 9.23. The van der Waals surface area contributed by atoms with Crippen LogP contribution in [-0.2, 0) is 9.59 Å². The number of aromatic nitrogens is 4. The van der Waals surface area contributed by atoms with Gasteiger partial charge in [-0.25, -0.2) is 9.97 Å². The first-order valence-corrected chi connectivity index (χ1v) is 8.97. The summed E-state index contributed by atoms with van der Waals surface area (Å²) in [5, 5.41) is 0. The summed E-state index contributed by atoms with van der Waals surface area (Å²) >= 11 is 0. The number of carbonyl (C=O) groups excluding carboxylic acids is 2. The Morgan fingerprint density at radius 3 is 2.16 bits per heavy atom. The quantitative estimate of drug-likeness (QED) is 0.400. The van der Waals surface area contributed by atoms with Gasteiger partial charge in [0.2, 0.25) is 0 Å². The lowest BCUT2D eigenvalue weighted by Crippen LogP contribution is -1.97. The van der Waals surface area contributed by atoms with Crippen LogP contribution in [0.1, 0.15) is 11.3 Å². The summed E-state index contributed by atoms with van der Waals surface area (Å²) < 4.78 is 15.1. The molecule has 0 spiro atoms. The van der Waals surface area contributed by atoms with Crippen molar-refractivity contribution in [3.63, 3.8) is 0 Å². The zero-order valence-electron chi connectivity index (χ0n) is 15.9. The third-order valence-corrected chi connectivity index (χ3v) is 4.10. The van der Waals surface area contributed by atoms with E-state index in [1.54, 1.807) is 36.7 Å². The highest BCUT2D eigenvalue weighted by atomic mass is 16.5. The molecule has 0 unspecified atom stereocenters. The Morgan fingerprint density at radius 2 is 1.45 bits per heavy atom. The minimum absolute atomic E-state index is 0.267. The Labute approximate surface area is 176 Å². The van der Waals surface area contributed by atoms with E-state index in [9.17, 15) is 9.59 Å².